The lowest BCUT2D eigenvalue weighted by atomic mass is 10.1. The summed E-state index contributed by atoms with van der Waals surface area (Å²) in [5.74, 6) is -1.55. The molecule has 0 bridgehead atoms. The zero-order chi connectivity index (χ0) is 24.1. The number of esters is 1. The van der Waals surface area contributed by atoms with E-state index in [9.17, 15) is 24.5 Å². The second kappa shape index (κ2) is 9.98. The van der Waals surface area contributed by atoms with Gasteiger partial charge in [-0.1, -0.05) is 6.07 Å². The second-order valence-electron chi connectivity index (χ2n) is 7.36. The van der Waals surface area contributed by atoms with Crippen LogP contribution in [-0.2, 0) is 19.1 Å². The molecule has 1 fully saturated rings. The topological polar surface area (TPSA) is 137 Å². The third kappa shape index (κ3) is 5.37. The van der Waals surface area contributed by atoms with E-state index in [1.807, 2.05) is 0 Å². The first-order valence-electron chi connectivity index (χ1n) is 9.97. The van der Waals surface area contributed by atoms with Gasteiger partial charge in [-0.25, -0.2) is 0 Å². The molecule has 0 aliphatic carbocycles. The van der Waals surface area contributed by atoms with Gasteiger partial charge < -0.3 is 24.4 Å². The van der Waals surface area contributed by atoms with Crippen LogP contribution in [0.4, 0.5) is 17.1 Å². The number of nitro groups is 1. The SMILES string of the molecule is COc1ccc(OC)c(NC(=O)COC(=O)[C@H]2CC(=O)N(c3ccc(C)c([N+](=O)[O-])c3)C2)c1. The van der Waals surface area contributed by atoms with E-state index in [2.05, 4.69) is 5.32 Å². The summed E-state index contributed by atoms with van der Waals surface area (Å²) in [5.41, 5.74) is 1.03. The van der Waals surface area contributed by atoms with Crippen LogP contribution in [-0.4, -0.2) is 50.1 Å². The van der Waals surface area contributed by atoms with Crippen LogP contribution in [0.2, 0.25) is 0 Å². The summed E-state index contributed by atoms with van der Waals surface area (Å²) in [4.78, 5) is 49.1. The lowest BCUT2D eigenvalue weighted by Crippen LogP contribution is -2.28. The molecule has 0 saturated carbocycles. The van der Waals surface area contributed by atoms with E-state index in [-0.39, 0.29) is 24.6 Å². The zero-order valence-electron chi connectivity index (χ0n) is 18.3. The molecule has 2 aromatic carbocycles. The maximum absolute atomic E-state index is 12.4. The Balaban J connectivity index is 1.60. The highest BCUT2D eigenvalue weighted by Gasteiger charge is 2.37. The second-order valence-corrected chi connectivity index (χ2v) is 7.36. The molecule has 33 heavy (non-hydrogen) atoms. The maximum Gasteiger partial charge on any atom is 0.311 e. The average Bonchev–Trinajstić information content (AvgIpc) is 3.19. The number of nitro benzene ring substituents is 1. The minimum Gasteiger partial charge on any atom is -0.497 e. The molecule has 2 aromatic rings. The highest BCUT2D eigenvalue weighted by atomic mass is 16.6. The molecule has 3 rings (SSSR count). The molecule has 1 aliphatic rings. The molecule has 174 valence electrons. The summed E-state index contributed by atoms with van der Waals surface area (Å²) < 4.78 is 15.4. The zero-order valence-corrected chi connectivity index (χ0v) is 18.3. The lowest BCUT2D eigenvalue weighted by Gasteiger charge is -2.17. The third-order valence-electron chi connectivity index (χ3n) is 5.19. The van der Waals surface area contributed by atoms with Crippen molar-refractivity contribution in [1.82, 2.24) is 0 Å². The lowest BCUT2D eigenvalue weighted by molar-refractivity contribution is -0.385. The minimum atomic E-state index is -0.794. The van der Waals surface area contributed by atoms with E-state index in [1.54, 1.807) is 37.3 Å². The maximum atomic E-state index is 12.4. The van der Waals surface area contributed by atoms with Gasteiger partial charge in [0.15, 0.2) is 6.61 Å². The van der Waals surface area contributed by atoms with E-state index in [4.69, 9.17) is 14.2 Å². The summed E-state index contributed by atoms with van der Waals surface area (Å²) >= 11 is 0. The first-order chi connectivity index (χ1) is 15.7. The molecule has 1 heterocycles. The van der Waals surface area contributed by atoms with Gasteiger partial charge in [0, 0.05) is 30.7 Å². The fraction of sp³-hybridized carbons (Fsp3) is 0.318. The van der Waals surface area contributed by atoms with Gasteiger partial charge in [0.2, 0.25) is 5.91 Å². The number of carbonyl (C=O) groups excluding carboxylic acids is 3. The van der Waals surface area contributed by atoms with Gasteiger partial charge >= 0.3 is 5.97 Å². The minimum absolute atomic E-state index is 0.00318. The number of ether oxygens (including phenoxy) is 3. The summed E-state index contributed by atoms with van der Waals surface area (Å²) in [6.45, 7) is 1.04. The van der Waals surface area contributed by atoms with Crippen LogP contribution < -0.4 is 19.7 Å². The van der Waals surface area contributed by atoms with E-state index in [1.165, 1.54) is 25.2 Å². The van der Waals surface area contributed by atoms with Gasteiger partial charge in [-0.2, -0.15) is 0 Å². The molecule has 0 radical (unpaired) electrons. The van der Waals surface area contributed by atoms with Crippen molar-refractivity contribution in [2.45, 2.75) is 13.3 Å². The van der Waals surface area contributed by atoms with Crippen molar-refractivity contribution in [3.8, 4) is 11.5 Å². The predicted octanol–water partition coefficient (Wildman–Crippen LogP) is 2.46. The molecule has 1 aliphatic heterocycles. The van der Waals surface area contributed by atoms with E-state index >= 15 is 0 Å². The van der Waals surface area contributed by atoms with E-state index in [0.29, 0.717) is 28.4 Å². The monoisotopic (exact) mass is 457 g/mol. The first kappa shape index (κ1) is 23.5. The normalized spacial score (nSPS) is 15.2. The van der Waals surface area contributed by atoms with Crippen LogP contribution in [0.5, 0.6) is 11.5 Å². The van der Waals surface area contributed by atoms with Crippen LogP contribution in [0.1, 0.15) is 12.0 Å². The molecule has 11 heteroatoms. The molecule has 1 N–H and O–H groups in total. The van der Waals surface area contributed by atoms with Crippen molar-refractivity contribution < 1.29 is 33.5 Å². The molecule has 0 aromatic heterocycles. The quantitative estimate of drug-likeness (QED) is 0.363. The number of nitrogens with zero attached hydrogens (tertiary/aromatic N) is 2. The van der Waals surface area contributed by atoms with Crippen molar-refractivity contribution in [3.63, 3.8) is 0 Å². The third-order valence-corrected chi connectivity index (χ3v) is 5.19. The summed E-state index contributed by atoms with van der Waals surface area (Å²) in [6, 6.07) is 9.28. The molecule has 0 spiro atoms. The Labute approximate surface area is 189 Å². The standard InChI is InChI=1S/C22H23N3O8/c1-13-4-5-15(9-18(13)25(29)30)24-11-14(8-21(24)27)22(28)33-12-20(26)23-17-10-16(31-2)6-7-19(17)32-3/h4-7,9-10,14H,8,11-12H2,1-3H3,(H,23,26)/t14-/m0/s1. The number of methoxy groups -OCH3 is 2. The first-order valence-corrected chi connectivity index (χ1v) is 9.97. The van der Waals surface area contributed by atoms with Crippen molar-refractivity contribution in [2.75, 3.05) is 37.6 Å². The molecule has 2 amide bonds. The van der Waals surface area contributed by atoms with Crippen LogP contribution in [0.3, 0.4) is 0 Å². The smallest absolute Gasteiger partial charge is 0.311 e. The molecule has 1 saturated heterocycles. The number of anilines is 2. The number of carbonyl (C=O) groups is 3. The van der Waals surface area contributed by atoms with Gasteiger partial charge in [0.05, 0.1) is 36.4 Å². The summed E-state index contributed by atoms with van der Waals surface area (Å²) in [6.07, 6.45) is -0.119. The van der Waals surface area contributed by atoms with Crippen LogP contribution >= 0.6 is 0 Å². The van der Waals surface area contributed by atoms with Crippen molar-refractivity contribution in [1.29, 1.82) is 0 Å². The Kier molecular flexibility index (Phi) is 7.11. The van der Waals surface area contributed by atoms with Crippen LogP contribution in [0.15, 0.2) is 36.4 Å². The van der Waals surface area contributed by atoms with Crippen molar-refractivity contribution >= 4 is 34.8 Å². The van der Waals surface area contributed by atoms with Crippen molar-refractivity contribution in [2.24, 2.45) is 5.92 Å². The van der Waals surface area contributed by atoms with Gasteiger partial charge in [-0.15, -0.1) is 0 Å². The number of hydrogen-bond donors (Lipinski definition) is 1. The fourth-order valence-corrected chi connectivity index (χ4v) is 3.43. The average molecular weight is 457 g/mol. The van der Waals surface area contributed by atoms with Crippen molar-refractivity contribution in [3.05, 3.63) is 52.1 Å². The largest absolute Gasteiger partial charge is 0.497 e. The van der Waals surface area contributed by atoms with Gasteiger partial charge in [0.1, 0.15) is 11.5 Å². The van der Waals surface area contributed by atoms with Gasteiger partial charge in [-0.05, 0) is 25.1 Å². The van der Waals surface area contributed by atoms with E-state index < -0.39 is 29.3 Å². The van der Waals surface area contributed by atoms with Gasteiger partial charge in [-0.3, -0.25) is 24.5 Å². The number of hydrogen-bond acceptors (Lipinski definition) is 8. The molecular formula is C22H23N3O8. The highest BCUT2D eigenvalue weighted by Crippen LogP contribution is 2.31. The number of benzene rings is 2. The number of amides is 2. The number of rotatable bonds is 8. The number of aryl methyl sites for hydroxylation is 1. The number of nitrogens with one attached hydrogen (secondary N) is 1. The molecule has 11 nitrogen and oxygen atoms in total. The fourth-order valence-electron chi connectivity index (χ4n) is 3.43. The summed E-state index contributed by atoms with van der Waals surface area (Å²) in [5, 5.41) is 13.8. The Bertz CT molecular complexity index is 1100. The molecule has 1 atom stereocenters. The Morgan fingerprint density at radius 2 is 1.94 bits per heavy atom. The Morgan fingerprint density at radius 1 is 1.18 bits per heavy atom. The van der Waals surface area contributed by atoms with Crippen LogP contribution in [0.25, 0.3) is 0 Å². The van der Waals surface area contributed by atoms with Crippen LogP contribution in [0, 0.1) is 23.0 Å². The Hall–Kier alpha value is -4.15. The Morgan fingerprint density at radius 3 is 2.61 bits per heavy atom. The van der Waals surface area contributed by atoms with Gasteiger partial charge in [0.25, 0.3) is 11.6 Å². The highest BCUT2D eigenvalue weighted by molar-refractivity contribution is 6.00. The summed E-state index contributed by atoms with van der Waals surface area (Å²) in [7, 11) is 2.93. The molecule has 0 unspecified atom stereocenters. The molecular weight excluding hydrogens is 434 g/mol. The van der Waals surface area contributed by atoms with E-state index in [0.717, 1.165) is 0 Å². The predicted molar refractivity (Wildman–Crippen MR) is 117 cm³/mol.